The van der Waals surface area contributed by atoms with E-state index in [2.05, 4.69) is 20.9 Å². The van der Waals surface area contributed by atoms with E-state index >= 15 is 0 Å². The highest BCUT2D eigenvalue weighted by atomic mass is 79.9. The zero-order valence-electron chi connectivity index (χ0n) is 12.6. The number of halogens is 1. The Balaban J connectivity index is 2.17. The Labute approximate surface area is 133 Å². The number of likely N-dealkylation sites (tertiary alicyclic amines) is 1. The number of nitrogens with zero attached hydrogens (tertiary/aromatic N) is 2. The van der Waals surface area contributed by atoms with Crippen molar-refractivity contribution in [2.24, 2.45) is 0 Å². The first-order valence-electron chi connectivity index (χ1n) is 7.02. The normalized spacial score (nSPS) is 23.0. The van der Waals surface area contributed by atoms with E-state index in [1.165, 1.54) is 0 Å². The lowest BCUT2D eigenvalue weighted by atomic mass is 9.86. The van der Waals surface area contributed by atoms with Gasteiger partial charge in [0.1, 0.15) is 11.2 Å². The Morgan fingerprint density at radius 1 is 1.52 bits per heavy atom. The second-order valence-electron chi connectivity index (χ2n) is 6.39. The molecule has 5 nitrogen and oxygen atoms in total. The number of hydrogen-bond acceptors (Lipinski definition) is 4. The Bertz CT molecular complexity index is 530. The average molecular weight is 357 g/mol. The molecule has 6 heteroatoms. The Hall–Kier alpha value is -1.14. The third-order valence-electron chi connectivity index (χ3n) is 3.40. The van der Waals surface area contributed by atoms with Gasteiger partial charge in [-0.05, 0) is 55.6 Å². The number of rotatable bonds is 1. The molecule has 2 rings (SSSR count). The fraction of sp³-hybridized carbons (Fsp3) is 0.600. The van der Waals surface area contributed by atoms with E-state index in [1.54, 1.807) is 23.4 Å². The number of β-amino-alcohol motifs (C(OH)–C–C–N with tert-alkyl or cyclic N) is 1. The molecule has 0 aromatic carbocycles. The molecule has 0 aliphatic carbocycles. The third kappa shape index (κ3) is 3.95. The molecule has 1 aromatic rings. The zero-order valence-corrected chi connectivity index (χ0v) is 14.2. The summed E-state index contributed by atoms with van der Waals surface area (Å²) in [6, 6.07) is 1.78. The van der Waals surface area contributed by atoms with Crippen molar-refractivity contribution in [2.45, 2.75) is 44.8 Å². The van der Waals surface area contributed by atoms with E-state index in [0.29, 0.717) is 13.0 Å². The summed E-state index contributed by atoms with van der Waals surface area (Å²) in [4.78, 5) is 17.8. The lowest BCUT2D eigenvalue weighted by Crippen LogP contribution is -2.50. The summed E-state index contributed by atoms with van der Waals surface area (Å²) in [5.74, 6) is 0. The Kier molecular flexibility index (Phi) is 4.58. The van der Waals surface area contributed by atoms with Gasteiger partial charge in [-0.2, -0.15) is 0 Å². The van der Waals surface area contributed by atoms with Gasteiger partial charge in [-0.1, -0.05) is 0 Å². The molecule has 1 aliphatic heterocycles. The van der Waals surface area contributed by atoms with Crippen molar-refractivity contribution >= 4 is 22.0 Å². The molecule has 21 heavy (non-hydrogen) atoms. The van der Waals surface area contributed by atoms with Crippen LogP contribution in [-0.2, 0) is 10.3 Å². The first-order valence-corrected chi connectivity index (χ1v) is 7.81. The van der Waals surface area contributed by atoms with E-state index < -0.39 is 11.2 Å². The summed E-state index contributed by atoms with van der Waals surface area (Å²) in [6.07, 6.45) is 4.25. The molecule has 1 fully saturated rings. The van der Waals surface area contributed by atoms with Gasteiger partial charge in [0.05, 0.1) is 6.54 Å². The van der Waals surface area contributed by atoms with E-state index in [0.717, 1.165) is 16.5 Å². The fourth-order valence-corrected chi connectivity index (χ4v) is 3.11. The summed E-state index contributed by atoms with van der Waals surface area (Å²) < 4.78 is 6.14. The molecule has 1 aromatic heterocycles. The Morgan fingerprint density at radius 3 is 2.86 bits per heavy atom. The van der Waals surface area contributed by atoms with Gasteiger partial charge in [0.25, 0.3) is 0 Å². The van der Waals surface area contributed by atoms with Crippen LogP contribution in [-0.4, -0.2) is 39.8 Å². The first kappa shape index (κ1) is 16.2. The predicted octanol–water partition coefficient (Wildman–Crippen LogP) is 3.06. The fourth-order valence-electron chi connectivity index (χ4n) is 2.49. The maximum Gasteiger partial charge on any atom is 0.410 e. The quantitative estimate of drug-likeness (QED) is 0.839. The zero-order chi connectivity index (χ0) is 15.7. The third-order valence-corrected chi connectivity index (χ3v) is 4.03. The van der Waals surface area contributed by atoms with Gasteiger partial charge in [0.2, 0.25) is 0 Å². The SMILES string of the molecule is CC(C)(C)OC(=O)N1CCCC(O)(c2ccncc2Br)C1. The molecule has 0 bridgehead atoms. The number of carbonyl (C=O) groups is 1. The van der Waals surface area contributed by atoms with Gasteiger partial charge in [-0.15, -0.1) is 0 Å². The number of hydrogen-bond donors (Lipinski definition) is 1. The molecule has 1 aliphatic rings. The van der Waals surface area contributed by atoms with E-state index in [4.69, 9.17) is 4.74 Å². The lowest BCUT2D eigenvalue weighted by Gasteiger charge is -2.40. The van der Waals surface area contributed by atoms with Crippen LogP contribution in [0.15, 0.2) is 22.9 Å². The molecule has 1 amide bonds. The number of piperidine rings is 1. The molecule has 0 radical (unpaired) electrons. The largest absolute Gasteiger partial charge is 0.444 e. The van der Waals surface area contributed by atoms with Crippen LogP contribution in [0.1, 0.15) is 39.2 Å². The van der Waals surface area contributed by atoms with Crippen molar-refractivity contribution in [3.63, 3.8) is 0 Å². The summed E-state index contributed by atoms with van der Waals surface area (Å²) in [7, 11) is 0. The summed E-state index contributed by atoms with van der Waals surface area (Å²) in [5.41, 5.74) is -0.855. The standard InChI is InChI=1S/C15H21BrN2O3/c1-14(2,3)21-13(19)18-8-4-6-15(20,10-18)11-5-7-17-9-12(11)16/h5,7,9,20H,4,6,8,10H2,1-3H3. The average Bonchev–Trinajstić information content (AvgIpc) is 2.37. The van der Waals surface area contributed by atoms with Gasteiger partial charge < -0.3 is 14.7 Å². The van der Waals surface area contributed by atoms with Gasteiger partial charge in [-0.3, -0.25) is 4.98 Å². The Morgan fingerprint density at radius 2 is 2.24 bits per heavy atom. The van der Waals surface area contributed by atoms with Crippen molar-refractivity contribution in [3.8, 4) is 0 Å². The van der Waals surface area contributed by atoms with Gasteiger partial charge in [0.15, 0.2) is 0 Å². The van der Waals surface area contributed by atoms with Gasteiger partial charge in [0, 0.05) is 29.0 Å². The monoisotopic (exact) mass is 356 g/mol. The first-order chi connectivity index (χ1) is 9.71. The number of pyridine rings is 1. The topological polar surface area (TPSA) is 62.7 Å². The summed E-state index contributed by atoms with van der Waals surface area (Å²) >= 11 is 3.42. The predicted molar refractivity (Wildman–Crippen MR) is 82.9 cm³/mol. The molecule has 1 atom stereocenters. The highest BCUT2D eigenvalue weighted by molar-refractivity contribution is 9.10. The van der Waals surface area contributed by atoms with E-state index in [-0.39, 0.29) is 12.6 Å². The van der Waals surface area contributed by atoms with Gasteiger partial charge >= 0.3 is 6.09 Å². The van der Waals surface area contributed by atoms with Crippen molar-refractivity contribution in [3.05, 3.63) is 28.5 Å². The smallest absolute Gasteiger partial charge is 0.410 e. The van der Waals surface area contributed by atoms with Crippen molar-refractivity contribution < 1.29 is 14.6 Å². The molecule has 2 heterocycles. The molecular weight excluding hydrogens is 336 g/mol. The minimum Gasteiger partial charge on any atom is -0.444 e. The van der Waals surface area contributed by atoms with Crippen LogP contribution < -0.4 is 0 Å². The maximum absolute atomic E-state index is 12.2. The van der Waals surface area contributed by atoms with Crippen LogP contribution in [0.2, 0.25) is 0 Å². The second-order valence-corrected chi connectivity index (χ2v) is 7.25. The van der Waals surface area contributed by atoms with Crippen LogP contribution in [0.5, 0.6) is 0 Å². The number of aromatic nitrogens is 1. The lowest BCUT2D eigenvalue weighted by molar-refractivity contribution is -0.0469. The molecule has 1 N–H and O–H groups in total. The van der Waals surface area contributed by atoms with Crippen molar-refractivity contribution in [1.29, 1.82) is 0 Å². The van der Waals surface area contributed by atoms with Crippen LogP contribution in [0, 0.1) is 0 Å². The van der Waals surface area contributed by atoms with Crippen LogP contribution in [0.25, 0.3) is 0 Å². The van der Waals surface area contributed by atoms with Crippen LogP contribution in [0.4, 0.5) is 4.79 Å². The number of ether oxygens (including phenoxy) is 1. The molecule has 116 valence electrons. The molecule has 0 spiro atoms. The highest BCUT2D eigenvalue weighted by Gasteiger charge is 2.39. The number of aliphatic hydroxyl groups is 1. The number of carbonyl (C=O) groups excluding carboxylic acids is 1. The van der Waals surface area contributed by atoms with Crippen molar-refractivity contribution in [1.82, 2.24) is 9.88 Å². The summed E-state index contributed by atoms with van der Waals surface area (Å²) in [6.45, 7) is 6.33. The van der Waals surface area contributed by atoms with Gasteiger partial charge in [-0.25, -0.2) is 4.79 Å². The van der Waals surface area contributed by atoms with E-state index in [9.17, 15) is 9.90 Å². The molecule has 1 unspecified atom stereocenters. The maximum atomic E-state index is 12.2. The second kappa shape index (κ2) is 5.93. The highest BCUT2D eigenvalue weighted by Crippen LogP contribution is 2.35. The molecule has 1 saturated heterocycles. The minimum absolute atomic E-state index is 0.227. The van der Waals surface area contributed by atoms with Crippen LogP contribution in [0.3, 0.4) is 0 Å². The summed E-state index contributed by atoms with van der Waals surface area (Å²) in [5, 5.41) is 10.9. The van der Waals surface area contributed by atoms with Crippen LogP contribution >= 0.6 is 15.9 Å². The minimum atomic E-state index is -1.07. The molecule has 0 saturated carbocycles. The van der Waals surface area contributed by atoms with Crippen molar-refractivity contribution in [2.75, 3.05) is 13.1 Å². The molecular formula is C15H21BrN2O3. The number of amides is 1. The van der Waals surface area contributed by atoms with E-state index in [1.807, 2.05) is 20.8 Å².